The molecular formula is C15H17F3O2. The zero-order chi connectivity index (χ0) is 14.6. The number of hydrogen-bond acceptors (Lipinski definition) is 2. The van der Waals surface area contributed by atoms with Gasteiger partial charge in [0.2, 0.25) is 0 Å². The normalized spacial score (nSPS) is 25.9. The first-order chi connectivity index (χ1) is 9.43. The molecule has 2 rings (SSSR count). The van der Waals surface area contributed by atoms with Crippen molar-refractivity contribution < 1.29 is 23.0 Å². The van der Waals surface area contributed by atoms with E-state index in [0.29, 0.717) is 19.3 Å². The summed E-state index contributed by atoms with van der Waals surface area (Å²) in [5.41, 5.74) is 0.976. The van der Waals surface area contributed by atoms with E-state index in [4.69, 9.17) is 0 Å². The summed E-state index contributed by atoms with van der Waals surface area (Å²) in [5.74, 6) is -3.11. The molecule has 0 spiro atoms. The molecule has 1 aliphatic rings. The highest BCUT2D eigenvalue weighted by atomic mass is 19.4. The summed E-state index contributed by atoms with van der Waals surface area (Å²) in [5, 5.41) is 9.75. The number of hydrogen-bond donors (Lipinski definition) is 1. The SMILES string of the molecule is OC1(C(F)(F)F)OCCC/C1=C\CCc1ccccc1. The van der Waals surface area contributed by atoms with Gasteiger partial charge in [0.15, 0.2) is 0 Å². The summed E-state index contributed by atoms with van der Waals surface area (Å²) in [6, 6.07) is 9.51. The van der Waals surface area contributed by atoms with Crippen LogP contribution >= 0.6 is 0 Å². The maximum absolute atomic E-state index is 12.9. The van der Waals surface area contributed by atoms with E-state index in [1.807, 2.05) is 30.3 Å². The van der Waals surface area contributed by atoms with Gasteiger partial charge in [-0.25, -0.2) is 0 Å². The highest BCUT2D eigenvalue weighted by molar-refractivity contribution is 5.20. The van der Waals surface area contributed by atoms with Crippen molar-refractivity contribution in [3.63, 3.8) is 0 Å². The van der Waals surface area contributed by atoms with Crippen LogP contribution in [-0.2, 0) is 11.2 Å². The minimum atomic E-state index is -4.80. The Hall–Kier alpha value is -1.33. The van der Waals surface area contributed by atoms with Gasteiger partial charge in [0.25, 0.3) is 5.79 Å². The van der Waals surface area contributed by atoms with Crippen molar-refractivity contribution in [2.45, 2.75) is 37.6 Å². The lowest BCUT2D eigenvalue weighted by Crippen LogP contribution is -2.51. The average molecular weight is 286 g/mol. The van der Waals surface area contributed by atoms with Crippen molar-refractivity contribution in [1.29, 1.82) is 0 Å². The number of ether oxygens (including phenoxy) is 1. The van der Waals surface area contributed by atoms with E-state index in [-0.39, 0.29) is 18.6 Å². The van der Waals surface area contributed by atoms with E-state index >= 15 is 0 Å². The number of rotatable bonds is 3. The van der Waals surface area contributed by atoms with Crippen molar-refractivity contribution in [3.8, 4) is 0 Å². The summed E-state index contributed by atoms with van der Waals surface area (Å²) in [6.45, 7) is -0.0773. The lowest BCUT2D eigenvalue weighted by molar-refractivity contribution is -0.353. The van der Waals surface area contributed by atoms with Crippen molar-refractivity contribution in [1.82, 2.24) is 0 Å². The Morgan fingerprint density at radius 2 is 1.95 bits per heavy atom. The Morgan fingerprint density at radius 1 is 1.25 bits per heavy atom. The largest absolute Gasteiger partial charge is 0.447 e. The Balaban J connectivity index is 2.07. The molecule has 0 bridgehead atoms. The molecule has 20 heavy (non-hydrogen) atoms. The zero-order valence-electron chi connectivity index (χ0n) is 11.0. The maximum atomic E-state index is 12.9. The first-order valence-electron chi connectivity index (χ1n) is 6.60. The number of aryl methyl sites for hydroxylation is 1. The van der Waals surface area contributed by atoms with Crippen LogP contribution in [0.15, 0.2) is 42.0 Å². The van der Waals surface area contributed by atoms with Crippen LogP contribution in [0.4, 0.5) is 13.2 Å². The molecule has 1 aromatic rings. The molecule has 1 atom stereocenters. The molecule has 1 fully saturated rings. The molecule has 5 heteroatoms. The summed E-state index contributed by atoms with van der Waals surface area (Å²) in [6.07, 6.45) is -1.55. The monoisotopic (exact) mass is 286 g/mol. The quantitative estimate of drug-likeness (QED) is 0.860. The third kappa shape index (κ3) is 3.22. The third-order valence-corrected chi connectivity index (χ3v) is 3.39. The van der Waals surface area contributed by atoms with E-state index in [2.05, 4.69) is 4.74 Å². The van der Waals surface area contributed by atoms with Crippen molar-refractivity contribution in [2.75, 3.05) is 6.61 Å². The van der Waals surface area contributed by atoms with Crippen molar-refractivity contribution in [2.24, 2.45) is 0 Å². The average Bonchev–Trinajstić information content (AvgIpc) is 2.41. The van der Waals surface area contributed by atoms with Crippen LogP contribution in [0.3, 0.4) is 0 Å². The molecular weight excluding hydrogens is 269 g/mol. The molecule has 1 unspecified atom stereocenters. The van der Waals surface area contributed by atoms with Crippen molar-refractivity contribution in [3.05, 3.63) is 47.5 Å². The molecule has 0 aromatic heterocycles. The Kier molecular flexibility index (Phi) is 4.50. The number of allylic oxidation sites excluding steroid dienone is 1. The van der Waals surface area contributed by atoms with Crippen LogP contribution < -0.4 is 0 Å². The molecule has 0 amide bonds. The summed E-state index contributed by atoms with van der Waals surface area (Å²) in [4.78, 5) is 0. The standard InChI is InChI=1S/C15H17F3O2/c16-15(17,18)14(19)13(10-5-11-20-14)9-4-8-12-6-2-1-3-7-12/h1-3,6-7,9,19H,4-5,8,10-11H2/b13-9+. The maximum Gasteiger partial charge on any atom is 0.447 e. The molecule has 1 N–H and O–H groups in total. The lowest BCUT2D eigenvalue weighted by atomic mass is 9.95. The highest BCUT2D eigenvalue weighted by Crippen LogP contribution is 2.41. The van der Waals surface area contributed by atoms with Gasteiger partial charge >= 0.3 is 6.18 Å². The van der Waals surface area contributed by atoms with E-state index in [0.717, 1.165) is 5.56 Å². The Morgan fingerprint density at radius 3 is 2.60 bits per heavy atom. The second-order valence-corrected chi connectivity index (χ2v) is 4.85. The first kappa shape index (κ1) is 15.1. The fourth-order valence-electron chi connectivity index (χ4n) is 2.31. The van der Waals surface area contributed by atoms with Crippen LogP contribution in [0.2, 0.25) is 0 Å². The highest BCUT2D eigenvalue weighted by Gasteiger charge is 2.58. The number of benzene rings is 1. The molecule has 110 valence electrons. The van der Waals surface area contributed by atoms with Gasteiger partial charge in [0.1, 0.15) is 0 Å². The summed E-state index contributed by atoms with van der Waals surface area (Å²) >= 11 is 0. The second kappa shape index (κ2) is 5.97. The molecule has 1 saturated heterocycles. The smallest absolute Gasteiger partial charge is 0.355 e. The summed E-state index contributed by atoms with van der Waals surface area (Å²) in [7, 11) is 0. The number of aliphatic hydroxyl groups is 1. The predicted molar refractivity (Wildman–Crippen MR) is 69.0 cm³/mol. The minimum Gasteiger partial charge on any atom is -0.355 e. The van der Waals surface area contributed by atoms with Gasteiger partial charge in [-0.2, -0.15) is 13.2 Å². The van der Waals surface area contributed by atoms with Gasteiger partial charge in [-0.05, 0) is 36.8 Å². The van der Waals surface area contributed by atoms with Crippen molar-refractivity contribution >= 4 is 0 Å². The molecule has 1 heterocycles. The number of alkyl halides is 3. The topological polar surface area (TPSA) is 29.5 Å². The van der Waals surface area contributed by atoms with E-state index < -0.39 is 12.0 Å². The molecule has 0 radical (unpaired) electrons. The molecule has 0 saturated carbocycles. The van der Waals surface area contributed by atoms with Crippen LogP contribution in [0, 0.1) is 0 Å². The minimum absolute atomic E-state index is 0.0767. The fraction of sp³-hybridized carbons (Fsp3) is 0.467. The van der Waals surface area contributed by atoms with Crippen LogP contribution in [0.1, 0.15) is 24.8 Å². The van der Waals surface area contributed by atoms with Gasteiger partial charge in [-0.1, -0.05) is 36.4 Å². The molecule has 1 aliphatic heterocycles. The van der Waals surface area contributed by atoms with Gasteiger partial charge in [0, 0.05) is 0 Å². The predicted octanol–water partition coefficient (Wildman–Crippen LogP) is 3.61. The Bertz CT molecular complexity index is 468. The lowest BCUT2D eigenvalue weighted by Gasteiger charge is -2.36. The number of halogens is 3. The van der Waals surface area contributed by atoms with Crippen LogP contribution in [-0.4, -0.2) is 23.7 Å². The first-order valence-corrected chi connectivity index (χ1v) is 6.60. The second-order valence-electron chi connectivity index (χ2n) is 4.85. The van der Waals surface area contributed by atoms with E-state index in [1.165, 1.54) is 6.08 Å². The molecule has 1 aromatic carbocycles. The summed E-state index contributed by atoms with van der Waals surface area (Å²) < 4.78 is 43.3. The van der Waals surface area contributed by atoms with Crippen LogP contribution in [0.5, 0.6) is 0 Å². The fourth-order valence-corrected chi connectivity index (χ4v) is 2.31. The zero-order valence-corrected chi connectivity index (χ0v) is 11.0. The third-order valence-electron chi connectivity index (χ3n) is 3.39. The van der Waals surface area contributed by atoms with E-state index in [1.54, 1.807) is 0 Å². The van der Waals surface area contributed by atoms with Gasteiger partial charge in [-0.15, -0.1) is 0 Å². The van der Waals surface area contributed by atoms with Crippen LogP contribution in [0.25, 0.3) is 0 Å². The van der Waals surface area contributed by atoms with Gasteiger partial charge < -0.3 is 9.84 Å². The van der Waals surface area contributed by atoms with Gasteiger partial charge in [0.05, 0.1) is 6.61 Å². The van der Waals surface area contributed by atoms with E-state index in [9.17, 15) is 18.3 Å². The Labute approximate surface area is 115 Å². The molecule has 2 nitrogen and oxygen atoms in total. The molecule has 0 aliphatic carbocycles. The van der Waals surface area contributed by atoms with Gasteiger partial charge in [-0.3, -0.25) is 0 Å².